The number of benzene rings is 3. The zero-order valence-electron chi connectivity index (χ0n) is 12.2. The monoisotopic (exact) mass is 308 g/mol. The highest BCUT2D eigenvalue weighted by Crippen LogP contribution is 2.45. The van der Waals surface area contributed by atoms with Crippen LogP contribution in [0, 0.1) is 0 Å². The van der Waals surface area contributed by atoms with Gasteiger partial charge >= 0.3 is 0 Å². The van der Waals surface area contributed by atoms with Crippen LogP contribution in [0.5, 0.6) is 23.0 Å². The number of para-hydroxylation sites is 3. The van der Waals surface area contributed by atoms with Crippen molar-refractivity contribution in [3.8, 4) is 23.0 Å². The number of phenols is 4. The second-order valence-electron chi connectivity index (χ2n) is 5.27. The van der Waals surface area contributed by atoms with E-state index in [1.54, 1.807) is 60.7 Å². The molecule has 116 valence electrons. The molecule has 0 saturated heterocycles. The van der Waals surface area contributed by atoms with Gasteiger partial charge in [-0.15, -0.1) is 0 Å². The highest BCUT2D eigenvalue weighted by atomic mass is 16.3. The lowest BCUT2D eigenvalue weighted by Gasteiger charge is -2.22. The summed E-state index contributed by atoms with van der Waals surface area (Å²) < 4.78 is 0. The van der Waals surface area contributed by atoms with Crippen molar-refractivity contribution in [2.75, 3.05) is 0 Å². The van der Waals surface area contributed by atoms with Crippen LogP contribution in [-0.4, -0.2) is 20.4 Å². The standard InChI is InChI=1S/C19H16O4/c20-15-9-3-1-6-12(15)18(13-7-2-4-10-16(13)21)14-8-5-11-17(22)19(14)23/h1-11,18,20-23H. The molecule has 0 aliphatic rings. The Balaban J connectivity index is 2.29. The van der Waals surface area contributed by atoms with Crippen molar-refractivity contribution < 1.29 is 20.4 Å². The van der Waals surface area contributed by atoms with Gasteiger partial charge in [0, 0.05) is 22.6 Å². The molecular weight excluding hydrogens is 292 g/mol. The number of hydrogen-bond donors (Lipinski definition) is 4. The minimum absolute atomic E-state index is 0.0449. The maximum absolute atomic E-state index is 10.3. The molecule has 3 aromatic rings. The van der Waals surface area contributed by atoms with E-state index in [4.69, 9.17) is 0 Å². The van der Waals surface area contributed by atoms with E-state index in [1.165, 1.54) is 6.07 Å². The van der Waals surface area contributed by atoms with Crippen LogP contribution in [0.3, 0.4) is 0 Å². The highest BCUT2D eigenvalue weighted by Gasteiger charge is 2.25. The molecule has 3 aromatic carbocycles. The van der Waals surface area contributed by atoms with Crippen molar-refractivity contribution >= 4 is 0 Å². The molecule has 0 unspecified atom stereocenters. The van der Waals surface area contributed by atoms with Crippen LogP contribution in [0.25, 0.3) is 0 Å². The topological polar surface area (TPSA) is 80.9 Å². The molecule has 4 nitrogen and oxygen atoms in total. The van der Waals surface area contributed by atoms with Crippen molar-refractivity contribution in [1.82, 2.24) is 0 Å². The van der Waals surface area contributed by atoms with Crippen molar-refractivity contribution in [2.24, 2.45) is 0 Å². The van der Waals surface area contributed by atoms with Crippen LogP contribution in [0.2, 0.25) is 0 Å². The maximum atomic E-state index is 10.3. The van der Waals surface area contributed by atoms with Gasteiger partial charge < -0.3 is 20.4 Å². The minimum Gasteiger partial charge on any atom is -0.508 e. The molecule has 0 aliphatic heterocycles. The number of phenolic OH excluding ortho intramolecular Hbond substituents is 4. The van der Waals surface area contributed by atoms with Gasteiger partial charge in [-0.05, 0) is 18.2 Å². The van der Waals surface area contributed by atoms with Crippen LogP contribution in [0.15, 0.2) is 66.7 Å². The lowest BCUT2D eigenvalue weighted by Crippen LogP contribution is -2.04. The quantitative estimate of drug-likeness (QED) is 0.439. The molecular formula is C19H16O4. The predicted octanol–water partition coefficient (Wildman–Crippen LogP) is 3.69. The summed E-state index contributed by atoms with van der Waals surface area (Å²) in [7, 11) is 0. The molecule has 4 heteroatoms. The van der Waals surface area contributed by atoms with Crippen LogP contribution in [0.1, 0.15) is 22.6 Å². The fraction of sp³-hybridized carbons (Fsp3) is 0.0526. The second kappa shape index (κ2) is 5.93. The van der Waals surface area contributed by atoms with E-state index in [1.807, 2.05) is 0 Å². The number of aromatic hydroxyl groups is 4. The van der Waals surface area contributed by atoms with Gasteiger partial charge in [-0.1, -0.05) is 48.5 Å². The summed E-state index contributed by atoms with van der Waals surface area (Å²) in [5.41, 5.74) is 1.44. The Morgan fingerprint density at radius 1 is 0.478 bits per heavy atom. The normalized spacial score (nSPS) is 10.8. The van der Waals surface area contributed by atoms with E-state index < -0.39 is 5.92 Å². The van der Waals surface area contributed by atoms with E-state index >= 15 is 0 Å². The molecule has 4 N–H and O–H groups in total. The molecule has 0 amide bonds. The van der Waals surface area contributed by atoms with E-state index in [9.17, 15) is 20.4 Å². The zero-order valence-corrected chi connectivity index (χ0v) is 12.2. The van der Waals surface area contributed by atoms with Gasteiger partial charge in [0.15, 0.2) is 11.5 Å². The molecule has 0 fully saturated rings. The van der Waals surface area contributed by atoms with E-state index in [-0.39, 0.29) is 23.0 Å². The fourth-order valence-electron chi connectivity index (χ4n) is 2.75. The molecule has 0 bridgehead atoms. The van der Waals surface area contributed by atoms with Crippen LogP contribution >= 0.6 is 0 Å². The summed E-state index contributed by atoms with van der Waals surface area (Å²) in [5, 5.41) is 40.5. The first kappa shape index (κ1) is 14.8. The third-order valence-corrected chi connectivity index (χ3v) is 3.85. The van der Waals surface area contributed by atoms with E-state index in [0.717, 1.165) is 0 Å². The molecule has 23 heavy (non-hydrogen) atoms. The smallest absolute Gasteiger partial charge is 0.161 e. The maximum Gasteiger partial charge on any atom is 0.161 e. The highest BCUT2D eigenvalue weighted by molar-refractivity contribution is 5.58. The van der Waals surface area contributed by atoms with Crippen LogP contribution in [0.4, 0.5) is 0 Å². The molecule has 0 saturated carbocycles. The largest absolute Gasteiger partial charge is 0.508 e. The average molecular weight is 308 g/mol. The summed E-state index contributed by atoms with van der Waals surface area (Å²) in [6, 6.07) is 18.1. The average Bonchev–Trinajstić information content (AvgIpc) is 2.55. The van der Waals surface area contributed by atoms with Crippen molar-refractivity contribution in [2.45, 2.75) is 5.92 Å². The summed E-state index contributed by atoms with van der Waals surface area (Å²) in [5.74, 6) is -1.06. The Bertz CT molecular complexity index is 797. The first-order valence-electron chi connectivity index (χ1n) is 7.16. The van der Waals surface area contributed by atoms with Gasteiger partial charge in [-0.25, -0.2) is 0 Å². The molecule has 0 spiro atoms. The summed E-state index contributed by atoms with van der Waals surface area (Å²) in [4.78, 5) is 0. The van der Waals surface area contributed by atoms with Gasteiger partial charge in [0.25, 0.3) is 0 Å². The first-order chi connectivity index (χ1) is 11.1. The van der Waals surface area contributed by atoms with Gasteiger partial charge in [0.1, 0.15) is 11.5 Å². The number of rotatable bonds is 3. The minimum atomic E-state index is -0.621. The molecule has 0 heterocycles. The Hall–Kier alpha value is -3.14. The lowest BCUT2D eigenvalue weighted by atomic mass is 9.83. The van der Waals surface area contributed by atoms with Crippen molar-refractivity contribution in [1.29, 1.82) is 0 Å². The Labute approximate surface area is 133 Å². The summed E-state index contributed by atoms with van der Waals surface area (Å²) in [6.07, 6.45) is 0. The van der Waals surface area contributed by atoms with E-state index in [0.29, 0.717) is 16.7 Å². The SMILES string of the molecule is Oc1ccccc1C(c1ccccc1O)c1cccc(O)c1O. The van der Waals surface area contributed by atoms with Crippen molar-refractivity contribution in [3.63, 3.8) is 0 Å². The first-order valence-corrected chi connectivity index (χ1v) is 7.16. The Morgan fingerprint density at radius 3 is 1.43 bits per heavy atom. The third kappa shape index (κ3) is 2.66. The predicted molar refractivity (Wildman–Crippen MR) is 86.9 cm³/mol. The number of hydrogen-bond acceptors (Lipinski definition) is 4. The fourth-order valence-corrected chi connectivity index (χ4v) is 2.75. The molecule has 0 aromatic heterocycles. The van der Waals surface area contributed by atoms with Crippen molar-refractivity contribution in [3.05, 3.63) is 83.4 Å². The van der Waals surface area contributed by atoms with Crippen LogP contribution < -0.4 is 0 Å². The molecule has 0 radical (unpaired) electrons. The summed E-state index contributed by atoms with van der Waals surface area (Å²) >= 11 is 0. The van der Waals surface area contributed by atoms with E-state index in [2.05, 4.69) is 0 Å². The van der Waals surface area contributed by atoms with Gasteiger partial charge in [-0.2, -0.15) is 0 Å². The Kier molecular flexibility index (Phi) is 3.81. The van der Waals surface area contributed by atoms with Gasteiger partial charge in [0.05, 0.1) is 0 Å². The molecule has 3 rings (SSSR count). The van der Waals surface area contributed by atoms with Crippen LogP contribution in [-0.2, 0) is 0 Å². The zero-order chi connectivity index (χ0) is 16.4. The molecule has 0 atom stereocenters. The summed E-state index contributed by atoms with van der Waals surface area (Å²) in [6.45, 7) is 0. The second-order valence-corrected chi connectivity index (χ2v) is 5.27. The van der Waals surface area contributed by atoms with Gasteiger partial charge in [-0.3, -0.25) is 0 Å². The van der Waals surface area contributed by atoms with Gasteiger partial charge in [0.2, 0.25) is 0 Å². The Morgan fingerprint density at radius 2 is 0.913 bits per heavy atom. The third-order valence-electron chi connectivity index (χ3n) is 3.85. The molecule has 0 aliphatic carbocycles. The lowest BCUT2D eigenvalue weighted by molar-refractivity contribution is 0.397.